The number of thiazole rings is 1. The number of aromatic amines is 1. The molecule has 4 aromatic rings. The number of hydrogen-bond acceptors (Lipinski definition) is 4. The number of anilines is 1. The lowest BCUT2D eigenvalue weighted by Gasteiger charge is -2.07. The zero-order valence-electron chi connectivity index (χ0n) is 15.2. The van der Waals surface area contributed by atoms with Crippen LogP contribution in [0.4, 0.5) is 10.1 Å². The van der Waals surface area contributed by atoms with Crippen molar-refractivity contribution in [3.63, 3.8) is 0 Å². The first kappa shape index (κ1) is 18.8. The van der Waals surface area contributed by atoms with E-state index in [1.54, 1.807) is 48.0 Å². The van der Waals surface area contributed by atoms with E-state index in [0.29, 0.717) is 23.6 Å². The summed E-state index contributed by atoms with van der Waals surface area (Å²) in [7, 11) is 0. The molecule has 0 unspecified atom stereocenters. The van der Waals surface area contributed by atoms with Crippen LogP contribution in [0.2, 0.25) is 0 Å². The maximum atomic E-state index is 12.9. The van der Waals surface area contributed by atoms with Crippen LogP contribution in [0.15, 0.2) is 60.1 Å². The Hall–Kier alpha value is -3.52. The summed E-state index contributed by atoms with van der Waals surface area (Å²) in [5, 5.41) is 5.62. The molecule has 2 aromatic heterocycles. The van der Waals surface area contributed by atoms with Crippen LogP contribution in [-0.2, 0) is 17.8 Å². The van der Waals surface area contributed by atoms with Gasteiger partial charge in [-0.2, -0.15) is 0 Å². The van der Waals surface area contributed by atoms with Crippen LogP contribution in [0.1, 0.15) is 21.6 Å². The number of rotatable bonds is 6. The highest BCUT2D eigenvalue weighted by Gasteiger charge is 2.11. The Morgan fingerprint density at radius 3 is 2.48 bits per heavy atom. The molecule has 0 radical (unpaired) electrons. The van der Waals surface area contributed by atoms with E-state index >= 15 is 0 Å². The van der Waals surface area contributed by atoms with E-state index in [9.17, 15) is 14.0 Å². The van der Waals surface area contributed by atoms with E-state index in [1.165, 1.54) is 23.5 Å². The van der Waals surface area contributed by atoms with Crippen molar-refractivity contribution in [3.8, 4) is 0 Å². The van der Waals surface area contributed by atoms with Gasteiger partial charge in [0.2, 0.25) is 5.91 Å². The number of carbonyl (C=O) groups is 2. The molecular weight excluding hydrogens is 391 g/mol. The fraction of sp³-hybridized carbons (Fsp3) is 0.0952. The highest BCUT2D eigenvalue weighted by atomic mass is 32.1. The monoisotopic (exact) mass is 408 g/mol. The lowest BCUT2D eigenvalue weighted by Crippen LogP contribution is -2.24. The standard InChI is InChI=1S/C21H17FN4O2S/c22-15-5-1-14(2-6-15)11-23-19(27)9-13-3-7-16(8-4-13)25-21(28)17-10-18-20(26-17)24-12-29-18/h1-8,10,12,26H,9,11H2,(H,23,27)(H,25,28). The molecule has 0 atom stereocenters. The number of H-pyrrole nitrogens is 1. The lowest BCUT2D eigenvalue weighted by molar-refractivity contribution is -0.120. The molecule has 8 heteroatoms. The molecule has 0 aliphatic rings. The summed E-state index contributed by atoms with van der Waals surface area (Å²) >= 11 is 1.47. The van der Waals surface area contributed by atoms with Crippen molar-refractivity contribution in [3.05, 3.63) is 82.7 Å². The van der Waals surface area contributed by atoms with Gasteiger partial charge < -0.3 is 15.6 Å². The molecule has 0 spiro atoms. The summed E-state index contributed by atoms with van der Waals surface area (Å²) in [4.78, 5) is 31.5. The van der Waals surface area contributed by atoms with E-state index in [1.807, 2.05) is 0 Å². The molecule has 0 fully saturated rings. The first-order chi connectivity index (χ1) is 14.1. The van der Waals surface area contributed by atoms with Gasteiger partial charge in [0.1, 0.15) is 17.2 Å². The van der Waals surface area contributed by atoms with Crippen molar-refractivity contribution in [2.24, 2.45) is 0 Å². The molecule has 4 rings (SSSR count). The Bertz CT molecular complexity index is 1120. The van der Waals surface area contributed by atoms with Crippen LogP contribution in [0.5, 0.6) is 0 Å². The summed E-state index contributed by atoms with van der Waals surface area (Å²) < 4.78 is 13.8. The maximum Gasteiger partial charge on any atom is 0.272 e. The minimum absolute atomic E-state index is 0.134. The first-order valence-electron chi connectivity index (χ1n) is 8.90. The maximum absolute atomic E-state index is 12.9. The second-order valence-electron chi connectivity index (χ2n) is 6.48. The fourth-order valence-electron chi connectivity index (χ4n) is 2.82. The largest absolute Gasteiger partial charge is 0.352 e. The number of fused-ring (bicyclic) bond motifs is 1. The Labute approximate surface area is 169 Å². The topological polar surface area (TPSA) is 86.9 Å². The van der Waals surface area contributed by atoms with Gasteiger partial charge in [-0.25, -0.2) is 9.37 Å². The number of halogens is 1. The van der Waals surface area contributed by atoms with Crippen LogP contribution < -0.4 is 10.6 Å². The molecule has 0 saturated carbocycles. The summed E-state index contributed by atoms with van der Waals surface area (Å²) in [5.41, 5.74) is 5.15. The highest BCUT2D eigenvalue weighted by Crippen LogP contribution is 2.19. The van der Waals surface area contributed by atoms with Crippen molar-refractivity contribution >= 4 is 39.2 Å². The predicted octanol–water partition coefficient (Wildman–Crippen LogP) is 3.87. The minimum atomic E-state index is -0.306. The molecule has 6 nitrogen and oxygen atoms in total. The van der Waals surface area contributed by atoms with Gasteiger partial charge in [-0.3, -0.25) is 9.59 Å². The average Bonchev–Trinajstić information content (AvgIpc) is 3.31. The predicted molar refractivity (Wildman–Crippen MR) is 110 cm³/mol. The van der Waals surface area contributed by atoms with Gasteiger partial charge in [-0.1, -0.05) is 24.3 Å². The molecule has 0 saturated heterocycles. The van der Waals surface area contributed by atoms with E-state index in [4.69, 9.17) is 0 Å². The molecule has 3 N–H and O–H groups in total. The second-order valence-corrected chi connectivity index (χ2v) is 7.37. The van der Waals surface area contributed by atoms with Crippen molar-refractivity contribution in [2.45, 2.75) is 13.0 Å². The van der Waals surface area contributed by atoms with Crippen LogP contribution in [0, 0.1) is 5.82 Å². The second kappa shape index (κ2) is 8.24. The van der Waals surface area contributed by atoms with Crippen LogP contribution in [0.25, 0.3) is 10.3 Å². The number of nitrogens with zero attached hydrogens (tertiary/aromatic N) is 1. The summed E-state index contributed by atoms with van der Waals surface area (Å²) in [6, 6.07) is 14.9. The third kappa shape index (κ3) is 4.67. The number of nitrogens with one attached hydrogen (secondary N) is 3. The smallest absolute Gasteiger partial charge is 0.272 e. The van der Waals surface area contributed by atoms with Gasteiger partial charge in [0.05, 0.1) is 16.6 Å². The molecule has 2 heterocycles. The van der Waals surface area contributed by atoms with Crippen LogP contribution >= 0.6 is 11.3 Å². The van der Waals surface area contributed by atoms with Gasteiger partial charge >= 0.3 is 0 Å². The zero-order chi connectivity index (χ0) is 20.2. The van der Waals surface area contributed by atoms with E-state index < -0.39 is 0 Å². The third-order valence-corrected chi connectivity index (χ3v) is 5.12. The normalized spacial score (nSPS) is 10.8. The van der Waals surface area contributed by atoms with Gasteiger partial charge in [0.15, 0.2) is 0 Å². The summed E-state index contributed by atoms with van der Waals surface area (Å²) in [6.45, 7) is 0.343. The molecule has 2 amide bonds. The Morgan fingerprint density at radius 1 is 1.03 bits per heavy atom. The number of amides is 2. The lowest BCUT2D eigenvalue weighted by atomic mass is 10.1. The van der Waals surface area contributed by atoms with Gasteiger partial charge in [-0.05, 0) is 41.5 Å². The zero-order valence-corrected chi connectivity index (χ0v) is 16.1. The molecule has 29 heavy (non-hydrogen) atoms. The molecule has 2 aromatic carbocycles. The van der Waals surface area contributed by atoms with Crippen molar-refractivity contribution in [2.75, 3.05) is 5.32 Å². The number of aromatic nitrogens is 2. The van der Waals surface area contributed by atoms with Crippen molar-refractivity contribution < 1.29 is 14.0 Å². The Kier molecular flexibility index (Phi) is 5.35. The number of carbonyl (C=O) groups excluding carboxylic acids is 2. The SMILES string of the molecule is O=C(Cc1ccc(NC(=O)c2cc3scnc3[nH]2)cc1)NCc1ccc(F)cc1. The van der Waals surface area contributed by atoms with Gasteiger partial charge in [0.25, 0.3) is 5.91 Å². The fourth-order valence-corrected chi connectivity index (χ4v) is 3.50. The quantitative estimate of drug-likeness (QED) is 0.453. The van der Waals surface area contributed by atoms with Crippen LogP contribution in [0.3, 0.4) is 0 Å². The Balaban J connectivity index is 1.30. The average molecular weight is 408 g/mol. The third-order valence-electron chi connectivity index (χ3n) is 4.35. The molecule has 146 valence electrons. The van der Waals surface area contributed by atoms with Crippen molar-refractivity contribution in [1.82, 2.24) is 15.3 Å². The summed E-state index contributed by atoms with van der Waals surface area (Å²) in [6.07, 6.45) is 0.216. The van der Waals surface area contributed by atoms with E-state index in [2.05, 4.69) is 20.6 Å². The minimum Gasteiger partial charge on any atom is -0.352 e. The molecular formula is C21H17FN4O2S. The molecule has 0 aliphatic carbocycles. The van der Waals surface area contributed by atoms with E-state index in [-0.39, 0.29) is 24.1 Å². The molecule has 0 bridgehead atoms. The first-order valence-corrected chi connectivity index (χ1v) is 9.78. The van der Waals surface area contributed by atoms with Gasteiger partial charge in [0, 0.05) is 12.2 Å². The van der Waals surface area contributed by atoms with Gasteiger partial charge in [-0.15, -0.1) is 11.3 Å². The number of benzene rings is 2. The van der Waals surface area contributed by atoms with E-state index in [0.717, 1.165) is 15.8 Å². The highest BCUT2D eigenvalue weighted by molar-refractivity contribution is 7.16. The number of hydrogen-bond donors (Lipinski definition) is 3. The Morgan fingerprint density at radius 2 is 1.76 bits per heavy atom. The van der Waals surface area contributed by atoms with Crippen LogP contribution in [-0.4, -0.2) is 21.8 Å². The summed E-state index contributed by atoms with van der Waals surface area (Å²) in [5.74, 6) is -0.690. The van der Waals surface area contributed by atoms with Crippen molar-refractivity contribution in [1.29, 1.82) is 0 Å². The molecule has 0 aliphatic heterocycles.